The van der Waals surface area contributed by atoms with Crippen LogP contribution in [0.15, 0.2) is 96.3 Å². The molecule has 10 heteroatoms. The van der Waals surface area contributed by atoms with Gasteiger partial charge in [-0.1, -0.05) is 0 Å². The first-order valence-corrected chi connectivity index (χ1v) is 12.4. The first-order valence-electron chi connectivity index (χ1n) is 10.9. The third kappa shape index (κ3) is 4.93. The molecule has 2 heterocycles. The van der Waals surface area contributed by atoms with E-state index in [1.54, 1.807) is 83.4 Å². The Morgan fingerprint density at radius 2 is 1.74 bits per heavy atom. The molecule has 0 radical (unpaired) electrons. The number of nitrogens with one attached hydrogen (secondary N) is 1. The normalized spacial score (nSPS) is 12.6. The van der Waals surface area contributed by atoms with Crippen LogP contribution in [0.5, 0.6) is 5.75 Å². The summed E-state index contributed by atoms with van der Waals surface area (Å²) >= 11 is 0. The van der Waals surface area contributed by atoms with Crippen LogP contribution < -0.4 is 9.46 Å². The van der Waals surface area contributed by atoms with Crippen molar-refractivity contribution >= 4 is 20.9 Å². The Hall–Kier alpha value is -4.02. The van der Waals surface area contributed by atoms with E-state index in [0.29, 0.717) is 5.75 Å². The van der Waals surface area contributed by atoms with Gasteiger partial charge in [0.15, 0.2) is 0 Å². The zero-order chi connectivity index (χ0) is 24.4. The fourth-order valence-electron chi connectivity index (χ4n) is 3.68. The quantitative estimate of drug-likeness (QED) is 0.353. The van der Waals surface area contributed by atoms with Gasteiger partial charge in [-0.05, 0) is 79.7 Å². The largest absolute Gasteiger partial charge is 0.492 e. The average Bonchev–Trinajstić information content (AvgIpc) is 3.53. The van der Waals surface area contributed by atoms with Crippen molar-refractivity contribution in [3.63, 3.8) is 0 Å². The standard InChI is InChI=1S/C25H22FN5O3S/c1-18(29-35(32,33)24-10-7-21(8-11-24)30-14-2-13-27-30)17-34-23-9-12-25-19(15-23)16-28-31(25)22-5-3-20(26)4-6-22/h2-16,18,29H,17H2,1H3/t18-/m0/s1. The number of nitrogens with zero attached hydrogens (tertiary/aromatic N) is 4. The van der Waals surface area contributed by atoms with Gasteiger partial charge in [-0.3, -0.25) is 0 Å². The molecule has 3 aromatic carbocycles. The molecule has 0 amide bonds. The molecule has 0 bridgehead atoms. The van der Waals surface area contributed by atoms with E-state index in [-0.39, 0.29) is 17.3 Å². The van der Waals surface area contributed by atoms with Gasteiger partial charge in [0.25, 0.3) is 0 Å². The van der Waals surface area contributed by atoms with Crippen molar-refractivity contribution < 1.29 is 17.5 Å². The molecular formula is C25H22FN5O3S. The van der Waals surface area contributed by atoms with Crippen molar-refractivity contribution in [2.75, 3.05) is 6.61 Å². The van der Waals surface area contributed by atoms with Crippen LogP contribution in [0.25, 0.3) is 22.3 Å². The van der Waals surface area contributed by atoms with E-state index in [9.17, 15) is 12.8 Å². The molecule has 0 saturated heterocycles. The van der Waals surface area contributed by atoms with Gasteiger partial charge in [-0.2, -0.15) is 10.2 Å². The number of rotatable bonds is 8. The van der Waals surface area contributed by atoms with E-state index in [2.05, 4.69) is 14.9 Å². The minimum absolute atomic E-state index is 0.141. The maximum atomic E-state index is 13.2. The number of benzene rings is 3. The van der Waals surface area contributed by atoms with Gasteiger partial charge in [-0.25, -0.2) is 26.9 Å². The lowest BCUT2D eigenvalue weighted by Crippen LogP contribution is -2.36. The molecule has 8 nitrogen and oxygen atoms in total. The Kier molecular flexibility index (Phi) is 6.06. The summed E-state index contributed by atoms with van der Waals surface area (Å²) in [5.74, 6) is 0.280. The Morgan fingerprint density at radius 3 is 2.46 bits per heavy atom. The zero-order valence-corrected chi connectivity index (χ0v) is 19.6. The predicted molar refractivity (Wildman–Crippen MR) is 130 cm³/mol. The maximum absolute atomic E-state index is 13.2. The van der Waals surface area contributed by atoms with Crippen molar-refractivity contribution in [3.8, 4) is 17.1 Å². The summed E-state index contributed by atoms with van der Waals surface area (Å²) in [6.45, 7) is 1.88. The van der Waals surface area contributed by atoms with Crippen molar-refractivity contribution in [1.82, 2.24) is 24.3 Å². The third-order valence-electron chi connectivity index (χ3n) is 5.38. The van der Waals surface area contributed by atoms with Crippen LogP contribution in [-0.4, -0.2) is 40.6 Å². The van der Waals surface area contributed by atoms with Gasteiger partial charge in [0, 0.05) is 17.8 Å². The van der Waals surface area contributed by atoms with Crippen molar-refractivity contribution in [2.45, 2.75) is 17.9 Å². The fourth-order valence-corrected chi connectivity index (χ4v) is 4.90. The summed E-state index contributed by atoms with van der Waals surface area (Å²) < 4.78 is 50.6. The van der Waals surface area contributed by atoms with Crippen molar-refractivity contribution in [1.29, 1.82) is 0 Å². The van der Waals surface area contributed by atoms with E-state index in [1.165, 1.54) is 12.1 Å². The molecule has 0 aliphatic rings. The second-order valence-electron chi connectivity index (χ2n) is 8.03. The molecule has 35 heavy (non-hydrogen) atoms. The molecule has 0 aliphatic carbocycles. The van der Waals surface area contributed by atoms with Crippen molar-refractivity contribution in [2.24, 2.45) is 0 Å². The van der Waals surface area contributed by atoms with Crippen LogP contribution in [0.1, 0.15) is 6.92 Å². The number of fused-ring (bicyclic) bond motifs is 1. The van der Waals surface area contributed by atoms with Crippen LogP contribution in [-0.2, 0) is 10.0 Å². The summed E-state index contributed by atoms with van der Waals surface area (Å²) in [6.07, 6.45) is 5.14. The van der Waals surface area contributed by atoms with Crippen LogP contribution in [0, 0.1) is 5.82 Å². The fraction of sp³-hybridized carbons (Fsp3) is 0.120. The van der Waals surface area contributed by atoms with Gasteiger partial charge >= 0.3 is 0 Å². The molecular weight excluding hydrogens is 469 g/mol. The van der Waals surface area contributed by atoms with Crippen LogP contribution in [0.3, 0.4) is 0 Å². The molecule has 0 unspecified atom stereocenters. The average molecular weight is 492 g/mol. The van der Waals surface area contributed by atoms with E-state index in [4.69, 9.17) is 4.74 Å². The van der Waals surface area contributed by atoms with Crippen LogP contribution in [0.2, 0.25) is 0 Å². The van der Waals surface area contributed by atoms with E-state index in [0.717, 1.165) is 22.3 Å². The topological polar surface area (TPSA) is 91.0 Å². The predicted octanol–water partition coefficient (Wildman–Crippen LogP) is 4.10. The van der Waals surface area contributed by atoms with Gasteiger partial charge in [0.05, 0.1) is 34.0 Å². The number of sulfonamides is 1. The summed E-state index contributed by atoms with van der Waals surface area (Å²) in [4.78, 5) is 0.162. The first kappa shape index (κ1) is 22.8. The molecule has 0 saturated carbocycles. The molecule has 2 aromatic heterocycles. The Labute approximate surface area is 201 Å². The maximum Gasteiger partial charge on any atom is 0.240 e. The smallest absolute Gasteiger partial charge is 0.240 e. The molecule has 0 spiro atoms. The number of ether oxygens (including phenoxy) is 1. The summed E-state index contributed by atoms with van der Waals surface area (Å²) in [5.41, 5.74) is 2.36. The van der Waals surface area contributed by atoms with Crippen LogP contribution >= 0.6 is 0 Å². The van der Waals surface area contributed by atoms with E-state index in [1.807, 2.05) is 12.1 Å². The van der Waals surface area contributed by atoms with Gasteiger partial charge in [0.2, 0.25) is 10.0 Å². The summed E-state index contributed by atoms with van der Waals surface area (Å²) in [5, 5.41) is 9.36. The van der Waals surface area contributed by atoms with Gasteiger partial charge < -0.3 is 4.74 Å². The van der Waals surface area contributed by atoms with Crippen molar-refractivity contribution in [3.05, 3.63) is 97.2 Å². The lowest BCUT2D eigenvalue weighted by Gasteiger charge is -2.16. The number of hydrogen-bond acceptors (Lipinski definition) is 5. The number of aromatic nitrogens is 4. The highest BCUT2D eigenvalue weighted by Crippen LogP contribution is 2.23. The number of halogens is 1. The lowest BCUT2D eigenvalue weighted by atomic mass is 10.2. The molecule has 5 rings (SSSR count). The SMILES string of the molecule is C[C@@H](COc1ccc2c(cnn2-c2ccc(F)cc2)c1)NS(=O)(=O)c1ccc(-n2cccn2)cc1. The van der Waals surface area contributed by atoms with Gasteiger partial charge in [-0.15, -0.1) is 0 Å². The molecule has 0 fully saturated rings. The molecule has 178 valence electrons. The Balaban J connectivity index is 1.23. The van der Waals surface area contributed by atoms with E-state index >= 15 is 0 Å². The first-order chi connectivity index (χ1) is 16.9. The molecule has 0 aliphatic heterocycles. The highest BCUT2D eigenvalue weighted by molar-refractivity contribution is 7.89. The highest BCUT2D eigenvalue weighted by Gasteiger charge is 2.18. The molecule has 1 atom stereocenters. The monoisotopic (exact) mass is 491 g/mol. The summed E-state index contributed by atoms with van der Waals surface area (Å²) in [6, 6.07) is 19.4. The third-order valence-corrected chi connectivity index (χ3v) is 6.99. The Morgan fingerprint density at radius 1 is 1.00 bits per heavy atom. The molecule has 5 aromatic rings. The van der Waals surface area contributed by atoms with Crippen LogP contribution in [0.4, 0.5) is 4.39 Å². The number of hydrogen-bond donors (Lipinski definition) is 1. The molecule has 1 N–H and O–H groups in total. The highest BCUT2D eigenvalue weighted by atomic mass is 32.2. The second-order valence-corrected chi connectivity index (χ2v) is 9.75. The summed E-state index contributed by atoms with van der Waals surface area (Å²) in [7, 11) is -3.71. The minimum atomic E-state index is -3.71. The minimum Gasteiger partial charge on any atom is -0.492 e. The second kappa shape index (κ2) is 9.32. The zero-order valence-electron chi connectivity index (χ0n) is 18.7. The van der Waals surface area contributed by atoms with E-state index < -0.39 is 16.1 Å². The van der Waals surface area contributed by atoms with Gasteiger partial charge in [0.1, 0.15) is 18.2 Å². The Bertz CT molecular complexity index is 1550. The lowest BCUT2D eigenvalue weighted by molar-refractivity contribution is 0.288.